The molecule has 0 unspecified atom stereocenters. The van der Waals surface area contributed by atoms with Gasteiger partial charge in [-0.25, -0.2) is 0 Å². The number of fused-ring (bicyclic) bond motifs is 2. The van der Waals surface area contributed by atoms with Crippen molar-refractivity contribution in [1.82, 2.24) is 0 Å². The molecule has 5 aromatic carbocycles. The number of rotatable bonds is 3. The Morgan fingerprint density at radius 3 is 1.57 bits per heavy atom. The van der Waals surface area contributed by atoms with Crippen molar-refractivity contribution in [3.8, 4) is 22.3 Å². The second-order valence-electron chi connectivity index (χ2n) is 7.01. The van der Waals surface area contributed by atoms with Crippen molar-refractivity contribution in [2.24, 2.45) is 0 Å². The molecule has 1 heteroatoms. The molecule has 0 heterocycles. The van der Waals surface area contributed by atoms with Crippen molar-refractivity contribution in [1.29, 1.82) is 0 Å². The average molecular weight is 359 g/mol. The first-order valence-electron chi connectivity index (χ1n) is 9.64. The molecule has 0 aromatic heterocycles. The third-order valence-electron chi connectivity index (χ3n) is 5.44. The van der Waals surface area contributed by atoms with Crippen LogP contribution in [0.15, 0.2) is 103 Å². The molecule has 0 radical (unpaired) electrons. The van der Waals surface area contributed by atoms with Gasteiger partial charge in [-0.1, -0.05) is 97.1 Å². The molecule has 5 aromatic rings. The summed E-state index contributed by atoms with van der Waals surface area (Å²) in [5.41, 5.74) is 6.22. The van der Waals surface area contributed by atoms with E-state index in [1.807, 2.05) is 7.05 Å². The minimum atomic E-state index is 1.15. The Morgan fingerprint density at radius 2 is 0.964 bits per heavy atom. The van der Waals surface area contributed by atoms with E-state index in [4.69, 9.17) is 0 Å². The molecule has 1 nitrogen and oxygen atoms in total. The topological polar surface area (TPSA) is 12.0 Å². The van der Waals surface area contributed by atoms with Crippen LogP contribution in [0.4, 0.5) is 5.69 Å². The van der Waals surface area contributed by atoms with Crippen molar-refractivity contribution < 1.29 is 0 Å². The lowest BCUT2D eigenvalue weighted by molar-refractivity contribution is 1.54. The molecule has 0 aliphatic carbocycles. The first-order valence-corrected chi connectivity index (χ1v) is 9.64. The van der Waals surface area contributed by atoms with Crippen LogP contribution in [-0.4, -0.2) is 7.05 Å². The first kappa shape index (κ1) is 16.6. The minimum Gasteiger partial charge on any atom is -0.388 e. The average Bonchev–Trinajstić information content (AvgIpc) is 2.78. The van der Waals surface area contributed by atoms with Gasteiger partial charge in [0.15, 0.2) is 0 Å². The predicted molar refractivity (Wildman–Crippen MR) is 122 cm³/mol. The third kappa shape index (κ3) is 2.56. The van der Waals surface area contributed by atoms with Crippen LogP contribution < -0.4 is 5.32 Å². The third-order valence-corrected chi connectivity index (χ3v) is 5.44. The normalized spacial score (nSPS) is 11.0. The summed E-state index contributed by atoms with van der Waals surface area (Å²) in [7, 11) is 2.00. The van der Waals surface area contributed by atoms with Crippen LogP contribution in [-0.2, 0) is 0 Å². The maximum Gasteiger partial charge on any atom is 0.0424 e. The van der Waals surface area contributed by atoms with Gasteiger partial charge in [-0.3, -0.25) is 0 Å². The zero-order chi connectivity index (χ0) is 18.9. The number of hydrogen-bond donors (Lipinski definition) is 1. The molecule has 0 fully saturated rings. The summed E-state index contributed by atoms with van der Waals surface area (Å²) in [5, 5.41) is 8.54. The van der Waals surface area contributed by atoms with E-state index in [1.165, 1.54) is 43.8 Å². The van der Waals surface area contributed by atoms with Crippen molar-refractivity contribution in [3.05, 3.63) is 103 Å². The molecule has 0 atom stereocenters. The largest absolute Gasteiger partial charge is 0.388 e. The fourth-order valence-electron chi connectivity index (χ4n) is 4.26. The van der Waals surface area contributed by atoms with Gasteiger partial charge in [-0.2, -0.15) is 0 Å². The van der Waals surface area contributed by atoms with Crippen LogP contribution in [0.3, 0.4) is 0 Å². The van der Waals surface area contributed by atoms with Crippen LogP contribution in [0.25, 0.3) is 43.8 Å². The van der Waals surface area contributed by atoms with Crippen molar-refractivity contribution in [3.63, 3.8) is 0 Å². The number of hydrogen-bond acceptors (Lipinski definition) is 1. The highest BCUT2D eigenvalue weighted by Gasteiger charge is 2.18. The van der Waals surface area contributed by atoms with E-state index in [9.17, 15) is 0 Å². The summed E-state index contributed by atoms with van der Waals surface area (Å²) in [5.74, 6) is 0. The van der Waals surface area contributed by atoms with Crippen molar-refractivity contribution in [2.45, 2.75) is 0 Å². The molecule has 0 amide bonds. The van der Waals surface area contributed by atoms with E-state index in [0.29, 0.717) is 0 Å². The Kier molecular flexibility index (Phi) is 4.06. The van der Waals surface area contributed by atoms with Crippen molar-refractivity contribution >= 4 is 27.2 Å². The summed E-state index contributed by atoms with van der Waals surface area (Å²) in [6, 6.07) is 36.7. The zero-order valence-electron chi connectivity index (χ0n) is 15.8. The number of nitrogens with one attached hydrogen (secondary N) is 1. The summed E-state index contributed by atoms with van der Waals surface area (Å²) >= 11 is 0. The van der Waals surface area contributed by atoms with E-state index in [2.05, 4.69) is 108 Å². The van der Waals surface area contributed by atoms with Crippen LogP contribution >= 0.6 is 0 Å². The lowest BCUT2D eigenvalue weighted by atomic mass is 9.85. The van der Waals surface area contributed by atoms with Crippen molar-refractivity contribution in [2.75, 3.05) is 12.4 Å². The Morgan fingerprint density at radius 1 is 0.464 bits per heavy atom. The molecule has 5 rings (SSSR count). The molecule has 134 valence electrons. The monoisotopic (exact) mass is 359 g/mol. The summed E-state index contributed by atoms with van der Waals surface area (Å²) in [6.07, 6.45) is 0. The lowest BCUT2D eigenvalue weighted by Crippen LogP contribution is -1.95. The molecule has 0 aliphatic heterocycles. The Bertz CT molecular complexity index is 1270. The SMILES string of the molecule is CNc1cccc2c(-c3ccccc3)c3ccccc3c(-c3ccccc3)c12. The van der Waals surface area contributed by atoms with E-state index in [1.54, 1.807) is 0 Å². The minimum absolute atomic E-state index is 1.15. The fourth-order valence-corrected chi connectivity index (χ4v) is 4.26. The van der Waals surface area contributed by atoms with E-state index in [0.717, 1.165) is 5.69 Å². The molecular formula is C27H21N. The smallest absolute Gasteiger partial charge is 0.0424 e. The highest BCUT2D eigenvalue weighted by atomic mass is 14.8. The Hall–Kier alpha value is -3.58. The zero-order valence-corrected chi connectivity index (χ0v) is 15.8. The van der Waals surface area contributed by atoms with E-state index >= 15 is 0 Å². The van der Waals surface area contributed by atoms with Crippen LogP contribution in [0.5, 0.6) is 0 Å². The van der Waals surface area contributed by atoms with Gasteiger partial charge < -0.3 is 5.32 Å². The van der Waals surface area contributed by atoms with Gasteiger partial charge in [0.2, 0.25) is 0 Å². The standard InChI is InChI=1S/C27H21N/c1-28-24-18-10-17-23-25(19-11-4-2-5-12-19)21-15-8-9-16-22(21)26(27(23)24)20-13-6-3-7-14-20/h2-18,28H,1H3. The van der Waals surface area contributed by atoms with Gasteiger partial charge in [0, 0.05) is 18.1 Å². The molecule has 0 saturated carbocycles. The molecule has 1 N–H and O–H groups in total. The van der Waals surface area contributed by atoms with Gasteiger partial charge in [-0.15, -0.1) is 0 Å². The lowest BCUT2D eigenvalue weighted by Gasteiger charge is -2.19. The highest BCUT2D eigenvalue weighted by molar-refractivity contribution is 6.24. The Labute approximate surface area is 165 Å². The van der Waals surface area contributed by atoms with Gasteiger partial charge >= 0.3 is 0 Å². The number of benzene rings is 5. The van der Waals surface area contributed by atoms with Gasteiger partial charge in [0.25, 0.3) is 0 Å². The second kappa shape index (κ2) is 6.86. The van der Waals surface area contributed by atoms with Gasteiger partial charge in [0.1, 0.15) is 0 Å². The molecule has 0 saturated heterocycles. The van der Waals surface area contributed by atoms with Crippen LogP contribution in [0.1, 0.15) is 0 Å². The quantitative estimate of drug-likeness (QED) is 0.332. The Balaban J connectivity index is 2.06. The maximum absolute atomic E-state index is 3.42. The molecule has 28 heavy (non-hydrogen) atoms. The van der Waals surface area contributed by atoms with Crippen LogP contribution in [0.2, 0.25) is 0 Å². The molecular weight excluding hydrogens is 338 g/mol. The predicted octanol–water partition coefficient (Wildman–Crippen LogP) is 7.37. The van der Waals surface area contributed by atoms with E-state index < -0.39 is 0 Å². The summed E-state index contributed by atoms with van der Waals surface area (Å²) in [4.78, 5) is 0. The highest BCUT2D eigenvalue weighted by Crippen LogP contribution is 2.45. The van der Waals surface area contributed by atoms with E-state index in [-0.39, 0.29) is 0 Å². The van der Waals surface area contributed by atoms with Crippen LogP contribution in [0, 0.1) is 0 Å². The molecule has 0 bridgehead atoms. The molecule has 0 spiro atoms. The summed E-state index contributed by atoms with van der Waals surface area (Å²) in [6.45, 7) is 0. The van der Waals surface area contributed by atoms with Gasteiger partial charge in [0.05, 0.1) is 0 Å². The maximum atomic E-state index is 3.42. The molecule has 0 aliphatic rings. The first-order chi connectivity index (χ1) is 13.9. The second-order valence-corrected chi connectivity index (χ2v) is 7.01. The number of anilines is 1. The summed E-state index contributed by atoms with van der Waals surface area (Å²) < 4.78 is 0. The van der Waals surface area contributed by atoms with Gasteiger partial charge in [-0.05, 0) is 44.5 Å². The fraction of sp³-hybridized carbons (Fsp3) is 0.0370.